The van der Waals surface area contributed by atoms with Crippen molar-refractivity contribution in [1.82, 2.24) is 19.4 Å². The lowest BCUT2D eigenvalue weighted by atomic mass is 10.1. The summed E-state index contributed by atoms with van der Waals surface area (Å²) in [7, 11) is -3.84. The van der Waals surface area contributed by atoms with Gasteiger partial charge in [-0.25, -0.2) is 8.42 Å². The number of thiophene rings is 1. The molecule has 2 aromatic rings. The molecule has 1 aromatic carbocycles. The van der Waals surface area contributed by atoms with Crippen LogP contribution in [0, 0.1) is 6.92 Å². The first-order valence-electron chi connectivity index (χ1n) is 12.6. The minimum absolute atomic E-state index is 0.0235. The zero-order chi connectivity index (χ0) is 24.6. The summed E-state index contributed by atoms with van der Waals surface area (Å²) in [4.78, 5) is 32.3. The van der Waals surface area contributed by atoms with E-state index in [-0.39, 0.29) is 28.6 Å². The van der Waals surface area contributed by atoms with E-state index in [2.05, 4.69) is 9.62 Å². The average Bonchev–Trinajstić information content (AvgIpc) is 3.57. The van der Waals surface area contributed by atoms with Crippen LogP contribution >= 0.6 is 11.3 Å². The Morgan fingerprint density at radius 3 is 2.63 bits per heavy atom. The van der Waals surface area contributed by atoms with E-state index < -0.39 is 16.1 Å². The number of carbonyl (C=O) groups excluding carboxylic acids is 2. The first-order chi connectivity index (χ1) is 16.8. The number of carbonyl (C=O) groups is 2. The van der Waals surface area contributed by atoms with E-state index in [1.807, 2.05) is 30.0 Å². The summed E-state index contributed by atoms with van der Waals surface area (Å²) in [6.07, 6.45) is 5.55. The van der Waals surface area contributed by atoms with Crippen LogP contribution in [0.2, 0.25) is 0 Å². The van der Waals surface area contributed by atoms with Crippen LogP contribution in [0.4, 0.5) is 0 Å². The van der Waals surface area contributed by atoms with E-state index in [1.54, 1.807) is 11.0 Å². The number of nitrogens with one attached hydrogen (secondary N) is 1. The number of nitrogens with zero attached hydrogens (tertiary/aromatic N) is 3. The number of aryl methyl sites for hydroxylation is 1. The highest BCUT2D eigenvalue weighted by Gasteiger charge is 2.36. The maximum absolute atomic E-state index is 13.2. The molecule has 0 bridgehead atoms. The molecule has 0 radical (unpaired) electrons. The molecular formula is C25H34N4O4S2. The van der Waals surface area contributed by atoms with Gasteiger partial charge in [0.15, 0.2) is 0 Å². The van der Waals surface area contributed by atoms with E-state index >= 15 is 0 Å². The molecule has 0 unspecified atom stereocenters. The fourth-order valence-corrected chi connectivity index (χ4v) is 8.21. The van der Waals surface area contributed by atoms with E-state index in [0.717, 1.165) is 54.7 Å². The van der Waals surface area contributed by atoms with Gasteiger partial charge in [0.25, 0.3) is 10.0 Å². The molecule has 2 atom stereocenters. The molecule has 10 heteroatoms. The summed E-state index contributed by atoms with van der Waals surface area (Å²) in [6, 6.07) is 6.87. The Hall–Kier alpha value is -2.01. The number of fused-ring (bicyclic) bond motifs is 1. The third-order valence-electron chi connectivity index (χ3n) is 7.43. The Balaban J connectivity index is 1.22. The quantitative estimate of drug-likeness (QED) is 0.609. The molecule has 3 aliphatic heterocycles. The second-order valence-corrected chi connectivity index (χ2v) is 13.1. The number of likely N-dealkylation sites (tertiary alicyclic amines) is 3. The smallest absolute Gasteiger partial charge is 0.250 e. The van der Waals surface area contributed by atoms with Crippen LogP contribution in [0.3, 0.4) is 0 Å². The Morgan fingerprint density at radius 1 is 1.06 bits per heavy atom. The molecule has 1 N–H and O–H groups in total. The molecule has 190 valence electrons. The molecule has 0 aliphatic carbocycles. The Labute approximate surface area is 211 Å². The van der Waals surface area contributed by atoms with Gasteiger partial charge in [-0.2, -0.15) is 4.72 Å². The summed E-state index contributed by atoms with van der Waals surface area (Å²) >= 11 is 1.20. The lowest BCUT2D eigenvalue weighted by Crippen LogP contribution is -2.55. The molecule has 3 aliphatic rings. The molecule has 3 saturated heterocycles. The van der Waals surface area contributed by atoms with Gasteiger partial charge >= 0.3 is 0 Å². The van der Waals surface area contributed by atoms with Gasteiger partial charge in [-0.3, -0.25) is 9.59 Å². The molecular weight excluding hydrogens is 484 g/mol. The topological polar surface area (TPSA) is 90.0 Å². The van der Waals surface area contributed by atoms with E-state index in [9.17, 15) is 18.0 Å². The third kappa shape index (κ3) is 5.40. The van der Waals surface area contributed by atoms with Gasteiger partial charge in [-0.05, 0) is 76.1 Å². The fourth-order valence-electron chi connectivity index (χ4n) is 5.59. The fraction of sp³-hybridized carbons (Fsp3) is 0.600. The van der Waals surface area contributed by atoms with Crippen LogP contribution < -0.4 is 4.72 Å². The van der Waals surface area contributed by atoms with Gasteiger partial charge in [0.1, 0.15) is 10.3 Å². The second kappa shape index (κ2) is 10.2. The molecule has 8 nitrogen and oxygen atoms in total. The van der Waals surface area contributed by atoms with Crippen LogP contribution in [-0.4, -0.2) is 86.3 Å². The first kappa shape index (κ1) is 24.7. The minimum Gasteiger partial charge on any atom is -0.337 e. The van der Waals surface area contributed by atoms with Crippen molar-refractivity contribution >= 4 is 43.3 Å². The van der Waals surface area contributed by atoms with Gasteiger partial charge in [-0.15, -0.1) is 11.3 Å². The third-order valence-corrected chi connectivity index (χ3v) is 10.5. The largest absolute Gasteiger partial charge is 0.337 e. The van der Waals surface area contributed by atoms with E-state index in [4.69, 9.17) is 0 Å². The van der Waals surface area contributed by atoms with Crippen molar-refractivity contribution in [2.45, 2.75) is 61.7 Å². The molecule has 3 fully saturated rings. The number of benzene rings is 1. The molecule has 35 heavy (non-hydrogen) atoms. The summed E-state index contributed by atoms with van der Waals surface area (Å²) < 4.78 is 29.9. The average molecular weight is 519 g/mol. The van der Waals surface area contributed by atoms with Crippen molar-refractivity contribution in [1.29, 1.82) is 0 Å². The van der Waals surface area contributed by atoms with Gasteiger partial charge in [-0.1, -0.05) is 17.7 Å². The van der Waals surface area contributed by atoms with Crippen LogP contribution in [0.5, 0.6) is 0 Å². The van der Waals surface area contributed by atoms with Gasteiger partial charge in [0.05, 0.1) is 6.54 Å². The van der Waals surface area contributed by atoms with Gasteiger partial charge in [0, 0.05) is 30.4 Å². The first-order valence-corrected chi connectivity index (χ1v) is 14.9. The predicted molar refractivity (Wildman–Crippen MR) is 137 cm³/mol. The number of amides is 2. The molecule has 1 aromatic heterocycles. The van der Waals surface area contributed by atoms with E-state index in [1.165, 1.54) is 24.2 Å². The van der Waals surface area contributed by atoms with Crippen molar-refractivity contribution in [3.05, 3.63) is 29.8 Å². The Bertz CT molecular complexity index is 1210. The van der Waals surface area contributed by atoms with Crippen molar-refractivity contribution in [3.8, 4) is 0 Å². The highest BCUT2D eigenvalue weighted by Crippen LogP contribution is 2.30. The number of hydrogen-bond donors (Lipinski definition) is 1. The summed E-state index contributed by atoms with van der Waals surface area (Å²) in [5.74, 6) is -0.330. The molecule has 2 amide bonds. The summed E-state index contributed by atoms with van der Waals surface area (Å²) in [5.41, 5.74) is 1.07. The van der Waals surface area contributed by atoms with Crippen molar-refractivity contribution in [2.24, 2.45) is 0 Å². The number of piperidine rings is 1. The summed E-state index contributed by atoms with van der Waals surface area (Å²) in [6.45, 7) is 6.33. The van der Waals surface area contributed by atoms with Crippen LogP contribution in [0.1, 0.15) is 44.1 Å². The van der Waals surface area contributed by atoms with Crippen LogP contribution in [-0.2, 0) is 19.6 Å². The van der Waals surface area contributed by atoms with Crippen molar-refractivity contribution in [2.75, 3.05) is 39.3 Å². The number of sulfonamides is 1. The minimum atomic E-state index is -3.84. The Morgan fingerprint density at radius 2 is 1.83 bits per heavy atom. The molecule has 0 saturated carbocycles. The highest BCUT2D eigenvalue weighted by atomic mass is 32.2. The maximum Gasteiger partial charge on any atom is 0.250 e. The van der Waals surface area contributed by atoms with Gasteiger partial charge < -0.3 is 14.7 Å². The zero-order valence-electron chi connectivity index (χ0n) is 20.2. The van der Waals surface area contributed by atoms with Crippen molar-refractivity contribution in [3.63, 3.8) is 0 Å². The number of hydrogen-bond acceptors (Lipinski definition) is 6. The SMILES string of the molecule is Cc1ccc2sc(S(=O)(=O)N[C@H]3CCCN(CC(=O)N4CCC[C@H]4CN4CCCC4)C3=O)cc2c1. The Kier molecular flexibility index (Phi) is 7.16. The van der Waals surface area contributed by atoms with Gasteiger partial charge in [0.2, 0.25) is 11.8 Å². The lowest BCUT2D eigenvalue weighted by Gasteiger charge is -2.34. The lowest BCUT2D eigenvalue weighted by molar-refractivity contribution is -0.143. The van der Waals surface area contributed by atoms with E-state index in [0.29, 0.717) is 19.4 Å². The monoisotopic (exact) mass is 518 g/mol. The van der Waals surface area contributed by atoms with Crippen LogP contribution in [0.15, 0.2) is 28.5 Å². The standard InChI is InChI=1S/C25H34N4O4S2/c1-18-8-9-22-19(14-18)15-24(34-22)35(32,33)26-21-7-5-12-28(25(21)31)17-23(30)29-13-4-6-20(29)16-27-10-2-3-11-27/h8-9,14-15,20-21,26H,2-7,10-13,16-17H2,1H3/t20-,21-/m0/s1. The second-order valence-electron chi connectivity index (χ2n) is 10.1. The zero-order valence-corrected chi connectivity index (χ0v) is 21.9. The maximum atomic E-state index is 13.2. The van der Waals surface area contributed by atoms with Crippen molar-refractivity contribution < 1.29 is 18.0 Å². The normalized spacial score (nSPS) is 24.1. The molecule has 4 heterocycles. The molecule has 0 spiro atoms. The highest BCUT2D eigenvalue weighted by molar-refractivity contribution is 7.91. The predicted octanol–water partition coefficient (Wildman–Crippen LogP) is 2.57. The summed E-state index contributed by atoms with van der Waals surface area (Å²) in [5, 5.41) is 0.881. The molecule has 5 rings (SSSR count). The van der Waals surface area contributed by atoms with Crippen LogP contribution in [0.25, 0.3) is 10.1 Å². The number of rotatable bonds is 7.